The molecule has 0 spiro atoms. The average Bonchev–Trinajstić information content (AvgIpc) is 2.92. The van der Waals surface area contributed by atoms with Gasteiger partial charge in [0.1, 0.15) is 5.75 Å². The van der Waals surface area contributed by atoms with Gasteiger partial charge in [0, 0.05) is 0 Å². The molecule has 1 heterocycles. The van der Waals surface area contributed by atoms with Gasteiger partial charge in [-0.25, -0.2) is 9.78 Å². The number of esters is 1. The Hall–Kier alpha value is -2.30. The van der Waals surface area contributed by atoms with Gasteiger partial charge in [0.05, 0.1) is 24.5 Å². The molecule has 5 heteroatoms. The fourth-order valence-electron chi connectivity index (χ4n) is 1.99. The van der Waals surface area contributed by atoms with Gasteiger partial charge in [-0.1, -0.05) is 19.1 Å². The van der Waals surface area contributed by atoms with Crippen molar-refractivity contribution < 1.29 is 18.7 Å². The number of rotatable bonds is 6. The molecular formula is C16H19NO4. The van der Waals surface area contributed by atoms with Crippen LogP contribution in [0.5, 0.6) is 5.75 Å². The number of ether oxygens (including phenoxy) is 2. The lowest BCUT2D eigenvalue weighted by Crippen LogP contribution is -2.05. The number of hydrogen-bond acceptors (Lipinski definition) is 5. The number of aryl methyl sites for hydroxylation is 1. The molecule has 5 nitrogen and oxygen atoms in total. The number of aromatic nitrogens is 1. The zero-order chi connectivity index (χ0) is 15.2. The summed E-state index contributed by atoms with van der Waals surface area (Å²) < 4.78 is 16.2. The lowest BCUT2D eigenvalue weighted by molar-refractivity contribution is 0.0489. The van der Waals surface area contributed by atoms with Crippen molar-refractivity contribution in [2.45, 2.75) is 27.2 Å². The Morgan fingerprint density at radius 3 is 2.62 bits per heavy atom. The minimum atomic E-state index is -0.484. The number of para-hydroxylation sites is 1. The molecule has 0 unspecified atom stereocenters. The molecule has 0 aliphatic heterocycles. The second kappa shape index (κ2) is 6.92. The van der Waals surface area contributed by atoms with E-state index in [-0.39, 0.29) is 5.76 Å². The molecule has 21 heavy (non-hydrogen) atoms. The number of hydrogen-bond donors (Lipinski definition) is 0. The summed E-state index contributed by atoms with van der Waals surface area (Å²) in [5.74, 6) is 0.737. The van der Waals surface area contributed by atoms with Crippen LogP contribution < -0.4 is 4.74 Å². The first-order valence-corrected chi connectivity index (χ1v) is 7.10. The maximum atomic E-state index is 11.9. The molecule has 1 aromatic heterocycles. The average molecular weight is 289 g/mol. The lowest BCUT2D eigenvalue weighted by atomic mass is 10.2. The molecule has 0 amide bonds. The highest BCUT2D eigenvalue weighted by molar-refractivity contribution is 5.88. The van der Waals surface area contributed by atoms with E-state index in [1.807, 2.05) is 38.1 Å². The highest BCUT2D eigenvalue weighted by Crippen LogP contribution is 2.31. The Kier molecular flexibility index (Phi) is 4.98. The summed E-state index contributed by atoms with van der Waals surface area (Å²) in [5.41, 5.74) is 1.32. The van der Waals surface area contributed by atoms with Crippen LogP contribution in [-0.2, 0) is 11.2 Å². The van der Waals surface area contributed by atoms with E-state index in [9.17, 15) is 4.79 Å². The molecule has 0 aliphatic rings. The van der Waals surface area contributed by atoms with Crippen molar-refractivity contribution in [3.8, 4) is 17.2 Å². The van der Waals surface area contributed by atoms with Crippen molar-refractivity contribution >= 4 is 5.97 Å². The van der Waals surface area contributed by atoms with E-state index >= 15 is 0 Å². The predicted octanol–water partition coefficient (Wildman–Crippen LogP) is 3.48. The minimum absolute atomic E-state index is 0.167. The summed E-state index contributed by atoms with van der Waals surface area (Å²) in [5, 5.41) is 0. The monoisotopic (exact) mass is 289 g/mol. The standard InChI is InChI=1S/C16H19NO4/c1-4-12-14(16(18)20-6-3)21-15(17-12)11-9-7-8-10-13(11)19-5-2/h7-10H,4-6H2,1-3H3. The van der Waals surface area contributed by atoms with Gasteiger partial charge in [-0.15, -0.1) is 0 Å². The number of nitrogens with zero attached hydrogens (tertiary/aromatic N) is 1. The van der Waals surface area contributed by atoms with Crippen LogP contribution >= 0.6 is 0 Å². The van der Waals surface area contributed by atoms with Crippen molar-refractivity contribution in [3.05, 3.63) is 35.7 Å². The van der Waals surface area contributed by atoms with Crippen molar-refractivity contribution in [3.63, 3.8) is 0 Å². The quantitative estimate of drug-likeness (QED) is 0.762. The third-order valence-electron chi connectivity index (χ3n) is 2.91. The van der Waals surface area contributed by atoms with Crippen LogP contribution in [0.15, 0.2) is 28.7 Å². The molecule has 0 radical (unpaired) electrons. The van der Waals surface area contributed by atoms with Crippen LogP contribution in [-0.4, -0.2) is 24.2 Å². The first-order valence-electron chi connectivity index (χ1n) is 7.10. The van der Waals surface area contributed by atoms with Crippen LogP contribution in [0.25, 0.3) is 11.5 Å². The molecule has 0 aliphatic carbocycles. The molecule has 112 valence electrons. The molecule has 0 saturated heterocycles. The second-order valence-electron chi connectivity index (χ2n) is 4.30. The van der Waals surface area contributed by atoms with Gasteiger partial charge in [0.25, 0.3) is 0 Å². The summed E-state index contributed by atoms with van der Waals surface area (Å²) in [6, 6.07) is 7.45. The highest BCUT2D eigenvalue weighted by atomic mass is 16.5. The number of carbonyl (C=O) groups is 1. The number of oxazole rings is 1. The predicted molar refractivity (Wildman–Crippen MR) is 78.4 cm³/mol. The summed E-state index contributed by atoms with van der Waals surface area (Å²) in [6.45, 7) is 6.43. The van der Waals surface area contributed by atoms with Crippen LogP contribution in [0.3, 0.4) is 0 Å². The van der Waals surface area contributed by atoms with E-state index in [1.54, 1.807) is 6.92 Å². The Balaban J connectivity index is 2.43. The number of benzene rings is 1. The zero-order valence-electron chi connectivity index (χ0n) is 12.5. The van der Waals surface area contributed by atoms with Gasteiger partial charge in [0.15, 0.2) is 0 Å². The van der Waals surface area contributed by atoms with E-state index < -0.39 is 5.97 Å². The van der Waals surface area contributed by atoms with E-state index in [4.69, 9.17) is 13.9 Å². The van der Waals surface area contributed by atoms with E-state index in [1.165, 1.54) is 0 Å². The molecule has 0 fully saturated rings. The molecule has 0 N–H and O–H groups in total. The maximum Gasteiger partial charge on any atom is 0.376 e. The highest BCUT2D eigenvalue weighted by Gasteiger charge is 2.22. The third kappa shape index (κ3) is 3.24. The van der Waals surface area contributed by atoms with Crippen molar-refractivity contribution in [2.75, 3.05) is 13.2 Å². The summed E-state index contributed by atoms with van der Waals surface area (Å²) in [6.07, 6.45) is 0.592. The zero-order valence-corrected chi connectivity index (χ0v) is 12.5. The Labute approximate surface area is 123 Å². The van der Waals surface area contributed by atoms with E-state index in [2.05, 4.69) is 4.98 Å². The van der Waals surface area contributed by atoms with Gasteiger partial charge >= 0.3 is 5.97 Å². The van der Waals surface area contributed by atoms with Crippen molar-refractivity contribution in [2.24, 2.45) is 0 Å². The Bertz CT molecular complexity index is 618. The molecule has 0 atom stereocenters. The van der Waals surface area contributed by atoms with Gasteiger partial charge in [0.2, 0.25) is 11.7 Å². The van der Waals surface area contributed by atoms with Gasteiger partial charge in [-0.3, -0.25) is 0 Å². The van der Waals surface area contributed by atoms with Crippen molar-refractivity contribution in [1.82, 2.24) is 4.98 Å². The van der Waals surface area contributed by atoms with Crippen LogP contribution in [0.2, 0.25) is 0 Å². The first kappa shape index (κ1) is 15.1. The van der Waals surface area contributed by atoms with Crippen LogP contribution in [0, 0.1) is 0 Å². The third-order valence-corrected chi connectivity index (χ3v) is 2.91. The van der Waals surface area contributed by atoms with Gasteiger partial charge in [-0.2, -0.15) is 0 Å². The van der Waals surface area contributed by atoms with Gasteiger partial charge in [-0.05, 0) is 32.4 Å². The van der Waals surface area contributed by atoms with Gasteiger partial charge < -0.3 is 13.9 Å². The normalized spacial score (nSPS) is 10.4. The minimum Gasteiger partial charge on any atom is -0.493 e. The first-order chi connectivity index (χ1) is 10.2. The second-order valence-corrected chi connectivity index (χ2v) is 4.30. The molecule has 0 saturated carbocycles. The lowest BCUT2D eigenvalue weighted by Gasteiger charge is -2.06. The Morgan fingerprint density at radius 1 is 1.19 bits per heavy atom. The van der Waals surface area contributed by atoms with Crippen LogP contribution in [0.4, 0.5) is 0 Å². The van der Waals surface area contributed by atoms with Crippen LogP contribution in [0.1, 0.15) is 37.0 Å². The molecule has 1 aromatic carbocycles. The smallest absolute Gasteiger partial charge is 0.376 e. The summed E-state index contributed by atoms with van der Waals surface area (Å²) >= 11 is 0. The molecule has 2 rings (SSSR count). The van der Waals surface area contributed by atoms with Crippen molar-refractivity contribution in [1.29, 1.82) is 0 Å². The Morgan fingerprint density at radius 2 is 1.95 bits per heavy atom. The number of carbonyl (C=O) groups excluding carboxylic acids is 1. The summed E-state index contributed by atoms with van der Waals surface area (Å²) in [4.78, 5) is 16.3. The summed E-state index contributed by atoms with van der Waals surface area (Å²) in [7, 11) is 0. The maximum absolute atomic E-state index is 11.9. The molecule has 2 aromatic rings. The van der Waals surface area contributed by atoms with E-state index in [0.717, 1.165) is 5.56 Å². The fourth-order valence-corrected chi connectivity index (χ4v) is 1.99. The van der Waals surface area contributed by atoms with E-state index in [0.29, 0.717) is 37.0 Å². The largest absolute Gasteiger partial charge is 0.493 e. The SMILES string of the molecule is CCOC(=O)c1oc(-c2ccccc2OCC)nc1CC. The molecular weight excluding hydrogens is 270 g/mol. The topological polar surface area (TPSA) is 61.6 Å². The molecule has 0 bridgehead atoms. The fraction of sp³-hybridized carbons (Fsp3) is 0.375.